The molecule has 12 heavy (non-hydrogen) atoms. The number of thioether (sulfide) groups is 1. The minimum Gasteiger partial charge on any atom is -0.178 e. The lowest BCUT2D eigenvalue weighted by molar-refractivity contribution is 0.759. The average molecular weight is 206 g/mol. The van der Waals surface area contributed by atoms with Gasteiger partial charge in [-0.05, 0) is 12.8 Å². The first kappa shape index (κ1) is 12.7. The lowest BCUT2D eigenvalue weighted by Gasteiger charge is -2.17. The van der Waals surface area contributed by atoms with Gasteiger partial charge in [-0.25, -0.2) is 0 Å². The highest BCUT2D eigenvalue weighted by molar-refractivity contribution is 8.01. The highest BCUT2D eigenvalue weighted by Crippen LogP contribution is 2.25. The van der Waals surface area contributed by atoms with Crippen LogP contribution in [0.5, 0.6) is 0 Å². The maximum Gasteiger partial charge on any atom is 0.0138 e. The molecule has 0 aromatic heterocycles. The van der Waals surface area contributed by atoms with Crippen molar-refractivity contribution in [1.82, 2.24) is 0 Å². The number of thiol groups is 1. The maximum absolute atomic E-state index is 4.37. The second kappa shape index (κ2) is 8.31. The Bertz CT molecular complexity index is 93.8. The molecule has 0 fully saturated rings. The minimum absolute atomic E-state index is 0.778. The molecule has 0 radical (unpaired) electrons. The van der Waals surface area contributed by atoms with E-state index in [9.17, 15) is 0 Å². The monoisotopic (exact) mass is 206 g/mol. The van der Waals surface area contributed by atoms with E-state index in [-0.39, 0.29) is 0 Å². The Hall–Kier alpha value is 0.700. The van der Waals surface area contributed by atoms with Gasteiger partial charge in [0.05, 0.1) is 0 Å². The van der Waals surface area contributed by atoms with Crippen LogP contribution in [-0.2, 0) is 0 Å². The smallest absolute Gasteiger partial charge is 0.0138 e. The van der Waals surface area contributed by atoms with Crippen LogP contribution in [0.25, 0.3) is 0 Å². The van der Waals surface area contributed by atoms with Gasteiger partial charge in [-0.15, -0.1) is 0 Å². The van der Waals surface area contributed by atoms with E-state index in [1.54, 1.807) is 0 Å². The SMILES string of the molecule is CCCC(C)SC(CS)CCC. The largest absolute Gasteiger partial charge is 0.178 e. The molecule has 2 unspecified atom stereocenters. The molecule has 2 heteroatoms. The fourth-order valence-electron chi connectivity index (χ4n) is 1.33. The summed E-state index contributed by atoms with van der Waals surface area (Å²) >= 11 is 6.49. The third-order valence-electron chi connectivity index (χ3n) is 1.93. The number of hydrogen-bond acceptors (Lipinski definition) is 2. The van der Waals surface area contributed by atoms with Gasteiger partial charge in [-0.2, -0.15) is 24.4 Å². The van der Waals surface area contributed by atoms with Crippen LogP contribution in [0.4, 0.5) is 0 Å². The first-order valence-corrected chi connectivity index (χ1v) is 6.58. The molecule has 0 aliphatic carbocycles. The van der Waals surface area contributed by atoms with Gasteiger partial charge in [0.2, 0.25) is 0 Å². The standard InChI is InChI=1S/C10H22S2/c1-4-6-9(3)12-10(8-11)7-5-2/h9-11H,4-8H2,1-3H3. The molecule has 0 rings (SSSR count). The highest BCUT2D eigenvalue weighted by Gasteiger charge is 2.10. The number of hydrogen-bond donors (Lipinski definition) is 1. The molecule has 0 aromatic rings. The molecule has 74 valence electrons. The van der Waals surface area contributed by atoms with Crippen molar-refractivity contribution >= 4 is 24.4 Å². The van der Waals surface area contributed by atoms with Crippen molar-refractivity contribution in [2.24, 2.45) is 0 Å². The Morgan fingerprint density at radius 1 is 1.17 bits per heavy atom. The summed E-state index contributed by atoms with van der Waals surface area (Å²) in [6, 6.07) is 0. The molecule has 0 saturated heterocycles. The van der Waals surface area contributed by atoms with Crippen LogP contribution in [0.15, 0.2) is 0 Å². The molecule has 0 nitrogen and oxygen atoms in total. The predicted octanol–water partition coefficient (Wildman–Crippen LogP) is 4.01. The topological polar surface area (TPSA) is 0 Å². The second-order valence-corrected chi connectivity index (χ2v) is 5.44. The molecular formula is C10H22S2. The summed E-state index contributed by atoms with van der Waals surface area (Å²) in [5, 5.41) is 1.60. The van der Waals surface area contributed by atoms with Crippen molar-refractivity contribution in [2.75, 3.05) is 5.75 Å². The highest BCUT2D eigenvalue weighted by atomic mass is 32.2. The van der Waals surface area contributed by atoms with Gasteiger partial charge in [0.15, 0.2) is 0 Å². The van der Waals surface area contributed by atoms with E-state index in [0.29, 0.717) is 0 Å². The van der Waals surface area contributed by atoms with Crippen molar-refractivity contribution in [3.8, 4) is 0 Å². The van der Waals surface area contributed by atoms with E-state index in [1.807, 2.05) is 0 Å². The molecule has 0 bridgehead atoms. The Labute approximate surface area is 87.3 Å². The summed E-state index contributed by atoms with van der Waals surface area (Å²) < 4.78 is 0. The first-order chi connectivity index (χ1) is 5.74. The Morgan fingerprint density at radius 2 is 1.75 bits per heavy atom. The summed E-state index contributed by atoms with van der Waals surface area (Å²) in [5.41, 5.74) is 0. The van der Waals surface area contributed by atoms with Gasteiger partial charge in [0.25, 0.3) is 0 Å². The van der Waals surface area contributed by atoms with E-state index < -0.39 is 0 Å². The van der Waals surface area contributed by atoms with Crippen molar-refractivity contribution in [1.29, 1.82) is 0 Å². The Morgan fingerprint density at radius 3 is 2.17 bits per heavy atom. The van der Waals surface area contributed by atoms with Gasteiger partial charge in [0, 0.05) is 16.3 Å². The third-order valence-corrected chi connectivity index (χ3v) is 4.11. The Kier molecular flexibility index (Phi) is 8.79. The Balaban J connectivity index is 3.53. The van der Waals surface area contributed by atoms with Gasteiger partial charge >= 0.3 is 0 Å². The van der Waals surface area contributed by atoms with Crippen LogP contribution in [-0.4, -0.2) is 16.3 Å². The molecular weight excluding hydrogens is 184 g/mol. The molecule has 0 amide bonds. The van der Waals surface area contributed by atoms with Crippen LogP contribution >= 0.6 is 24.4 Å². The van der Waals surface area contributed by atoms with E-state index in [0.717, 1.165) is 16.3 Å². The molecule has 0 saturated carbocycles. The van der Waals surface area contributed by atoms with Gasteiger partial charge < -0.3 is 0 Å². The van der Waals surface area contributed by atoms with Crippen LogP contribution in [0.2, 0.25) is 0 Å². The molecule has 0 aliphatic heterocycles. The van der Waals surface area contributed by atoms with Crippen LogP contribution in [0.1, 0.15) is 46.5 Å². The third kappa shape index (κ3) is 6.24. The lowest BCUT2D eigenvalue weighted by Crippen LogP contribution is -2.09. The van der Waals surface area contributed by atoms with Crippen LogP contribution in [0.3, 0.4) is 0 Å². The summed E-state index contributed by atoms with van der Waals surface area (Å²) in [7, 11) is 0. The van der Waals surface area contributed by atoms with Crippen LogP contribution < -0.4 is 0 Å². The molecule has 0 spiro atoms. The second-order valence-electron chi connectivity index (χ2n) is 3.33. The predicted molar refractivity (Wildman–Crippen MR) is 64.5 cm³/mol. The molecule has 0 heterocycles. The summed E-state index contributed by atoms with van der Waals surface area (Å²) in [4.78, 5) is 0. The van der Waals surface area contributed by atoms with Gasteiger partial charge in [0.1, 0.15) is 0 Å². The van der Waals surface area contributed by atoms with Gasteiger partial charge in [-0.1, -0.05) is 33.6 Å². The lowest BCUT2D eigenvalue weighted by atomic mass is 10.3. The molecule has 0 aliphatic rings. The van der Waals surface area contributed by atoms with Crippen molar-refractivity contribution in [2.45, 2.75) is 57.0 Å². The molecule has 0 N–H and O–H groups in total. The maximum atomic E-state index is 4.37. The zero-order valence-electron chi connectivity index (χ0n) is 8.55. The van der Waals surface area contributed by atoms with E-state index in [1.165, 1.54) is 25.7 Å². The van der Waals surface area contributed by atoms with E-state index >= 15 is 0 Å². The van der Waals surface area contributed by atoms with Crippen molar-refractivity contribution < 1.29 is 0 Å². The van der Waals surface area contributed by atoms with Crippen LogP contribution in [0, 0.1) is 0 Å². The summed E-state index contributed by atoms with van der Waals surface area (Å²) in [6.45, 7) is 6.84. The fraction of sp³-hybridized carbons (Fsp3) is 1.00. The normalized spacial score (nSPS) is 16.0. The fourth-order valence-corrected chi connectivity index (χ4v) is 3.25. The van der Waals surface area contributed by atoms with E-state index in [2.05, 4.69) is 45.2 Å². The zero-order valence-corrected chi connectivity index (χ0v) is 10.3. The number of rotatable bonds is 7. The average Bonchev–Trinajstić information content (AvgIpc) is 2.04. The van der Waals surface area contributed by atoms with Crippen molar-refractivity contribution in [3.05, 3.63) is 0 Å². The first-order valence-electron chi connectivity index (χ1n) is 5.00. The minimum atomic E-state index is 0.778. The van der Waals surface area contributed by atoms with Gasteiger partial charge in [-0.3, -0.25) is 0 Å². The van der Waals surface area contributed by atoms with Crippen molar-refractivity contribution in [3.63, 3.8) is 0 Å². The molecule has 2 atom stereocenters. The summed E-state index contributed by atoms with van der Waals surface area (Å²) in [5.74, 6) is 1.03. The molecule has 0 aromatic carbocycles. The quantitative estimate of drug-likeness (QED) is 0.614. The van der Waals surface area contributed by atoms with E-state index in [4.69, 9.17) is 0 Å². The zero-order chi connectivity index (χ0) is 9.40. The summed E-state index contributed by atoms with van der Waals surface area (Å²) in [6.07, 6.45) is 5.26.